The first kappa shape index (κ1) is 11.9. The summed E-state index contributed by atoms with van der Waals surface area (Å²) in [5.74, 6) is 1.01. The van der Waals surface area contributed by atoms with E-state index in [0.29, 0.717) is 5.76 Å². The molecule has 3 aromatic rings. The standard InChI is InChI=1S/C13H13N3O3/c1-7-2-3-10-8(4-7)5-11(18-10)13-15-12(16-19-13)9(14)6-17/h2-5,9,17H,6,14H2,1H3. The Hall–Kier alpha value is -2.18. The van der Waals surface area contributed by atoms with Crippen LogP contribution in [0, 0.1) is 6.92 Å². The smallest absolute Gasteiger partial charge is 0.293 e. The number of nitrogens with two attached hydrogens (primary N) is 1. The number of fused-ring (bicyclic) bond motifs is 1. The van der Waals surface area contributed by atoms with Gasteiger partial charge >= 0.3 is 0 Å². The zero-order chi connectivity index (χ0) is 13.4. The highest BCUT2D eigenvalue weighted by atomic mass is 16.5. The molecule has 0 aliphatic carbocycles. The summed E-state index contributed by atoms with van der Waals surface area (Å²) in [5.41, 5.74) is 7.52. The average molecular weight is 259 g/mol. The molecule has 0 saturated carbocycles. The maximum Gasteiger partial charge on any atom is 0.293 e. The molecule has 3 rings (SSSR count). The summed E-state index contributed by atoms with van der Waals surface area (Å²) >= 11 is 0. The van der Waals surface area contributed by atoms with Gasteiger partial charge in [-0.05, 0) is 25.1 Å². The van der Waals surface area contributed by atoms with Crippen LogP contribution in [0.25, 0.3) is 22.6 Å². The summed E-state index contributed by atoms with van der Waals surface area (Å²) in [4.78, 5) is 4.11. The van der Waals surface area contributed by atoms with Gasteiger partial charge in [-0.2, -0.15) is 4.98 Å². The number of benzene rings is 1. The number of hydrogen-bond acceptors (Lipinski definition) is 6. The van der Waals surface area contributed by atoms with Crippen molar-refractivity contribution in [3.63, 3.8) is 0 Å². The van der Waals surface area contributed by atoms with Crippen LogP contribution in [0.1, 0.15) is 17.4 Å². The SMILES string of the molecule is Cc1ccc2oc(-c3nc(C(N)CO)no3)cc2c1. The Kier molecular flexibility index (Phi) is 2.81. The van der Waals surface area contributed by atoms with Gasteiger partial charge in [0, 0.05) is 5.39 Å². The number of nitrogens with zero attached hydrogens (tertiary/aromatic N) is 2. The van der Waals surface area contributed by atoms with Crippen molar-refractivity contribution in [2.45, 2.75) is 13.0 Å². The van der Waals surface area contributed by atoms with Crippen LogP contribution in [0.3, 0.4) is 0 Å². The highest BCUT2D eigenvalue weighted by molar-refractivity contribution is 5.82. The van der Waals surface area contributed by atoms with Gasteiger partial charge in [-0.3, -0.25) is 0 Å². The topological polar surface area (TPSA) is 98.3 Å². The number of rotatable bonds is 3. The average Bonchev–Trinajstić information content (AvgIpc) is 3.03. The van der Waals surface area contributed by atoms with Crippen LogP contribution in [0.5, 0.6) is 0 Å². The maximum atomic E-state index is 8.94. The number of aliphatic hydroxyl groups is 1. The summed E-state index contributed by atoms with van der Waals surface area (Å²) in [6.07, 6.45) is 0. The summed E-state index contributed by atoms with van der Waals surface area (Å²) in [6.45, 7) is 1.77. The first-order chi connectivity index (χ1) is 9.17. The van der Waals surface area contributed by atoms with Gasteiger partial charge in [0.25, 0.3) is 5.89 Å². The Labute approximate surface area is 108 Å². The molecule has 6 heteroatoms. The molecule has 98 valence electrons. The molecular formula is C13H13N3O3. The van der Waals surface area contributed by atoms with Crippen molar-refractivity contribution < 1.29 is 14.0 Å². The lowest BCUT2D eigenvalue weighted by molar-refractivity contribution is 0.260. The van der Waals surface area contributed by atoms with Crippen LogP contribution >= 0.6 is 0 Å². The summed E-state index contributed by atoms with van der Waals surface area (Å²) in [7, 11) is 0. The van der Waals surface area contributed by atoms with E-state index in [1.165, 1.54) is 0 Å². The van der Waals surface area contributed by atoms with Crippen LogP contribution in [0.2, 0.25) is 0 Å². The predicted molar refractivity (Wildman–Crippen MR) is 68.3 cm³/mol. The monoisotopic (exact) mass is 259 g/mol. The lowest BCUT2D eigenvalue weighted by Crippen LogP contribution is -2.15. The maximum absolute atomic E-state index is 8.94. The fourth-order valence-electron chi connectivity index (χ4n) is 1.84. The summed E-state index contributed by atoms with van der Waals surface area (Å²) in [6, 6.07) is 7.06. The molecule has 1 aromatic carbocycles. The van der Waals surface area contributed by atoms with Crippen molar-refractivity contribution in [1.82, 2.24) is 10.1 Å². The third kappa shape index (κ3) is 2.11. The molecule has 0 saturated heterocycles. The molecule has 0 spiro atoms. The Morgan fingerprint density at radius 1 is 1.37 bits per heavy atom. The Morgan fingerprint density at radius 2 is 2.21 bits per heavy atom. The van der Waals surface area contributed by atoms with Crippen molar-refractivity contribution in [1.29, 1.82) is 0 Å². The first-order valence-corrected chi connectivity index (χ1v) is 5.88. The molecule has 0 bridgehead atoms. The lowest BCUT2D eigenvalue weighted by atomic mass is 10.2. The molecule has 0 radical (unpaired) electrons. The molecule has 1 atom stereocenters. The van der Waals surface area contributed by atoms with Crippen LogP contribution in [0.4, 0.5) is 0 Å². The van der Waals surface area contributed by atoms with Crippen LogP contribution in [0.15, 0.2) is 33.2 Å². The minimum absolute atomic E-state index is 0.238. The van der Waals surface area contributed by atoms with Gasteiger partial charge < -0.3 is 19.8 Å². The zero-order valence-corrected chi connectivity index (χ0v) is 10.3. The van der Waals surface area contributed by atoms with E-state index >= 15 is 0 Å². The van der Waals surface area contributed by atoms with Gasteiger partial charge in [-0.15, -0.1) is 0 Å². The van der Waals surface area contributed by atoms with Gasteiger partial charge in [0.2, 0.25) is 0 Å². The second-order valence-electron chi connectivity index (χ2n) is 4.40. The summed E-state index contributed by atoms with van der Waals surface area (Å²) < 4.78 is 10.7. The van der Waals surface area contributed by atoms with Gasteiger partial charge in [-0.1, -0.05) is 16.8 Å². The van der Waals surface area contributed by atoms with Crippen molar-refractivity contribution >= 4 is 11.0 Å². The van der Waals surface area contributed by atoms with Gasteiger partial charge in [0.05, 0.1) is 12.6 Å². The number of aliphatic hydroxyl groups excluding tert-OH is 1. The predicted octanol–water partition coefficient (Wildman–Crippen LogP) is 1.78. The van der Waals surface area contributed by atoms with E-state index in [9.17, 15) is 0 Å². The largest absolute Gasteiger partial charge is 0.451 e. The van der Waals surface area contributed by atoms with E-state index in [2.05, 4.69) is 10.1 Å². The van der Waals surface area contributed by atoms with Crippen molar-refractivity contribution in [3.8, 4) is 11.7 Å². The fourth-order valence-corrected chi connectivity index (χ4v) is 1.84. The van der Waals surface area contributed by atoms with Gasteiger partial charge in [0.1, 0.15) is 5.58 Å². The third-order valence-corrected chi connectivity index (χ3v) is 2.85. The van der Waals surface area contributed by atoms with Crippen molar-refractivity contribution in [2.75, 3.05) is 6.61 Å². The lowest BCUT2D eigenvalue weighted by Gasteiger charge is -1.98. The molecule has 3 N–H and O–H groups in total. The summed E-state index contributed by atoms with van der Waals surface area (Å²) in [5, 5.41) is 13.6. The van der Waals surface area contributed by atoms with Crippen LogP contribution < -0.4 is 5.73 Å². The number of aromatic nitrogens is 2. The van der Waals surface area contributed by atoms with Gasteiger partial charge in [-0.25, -0.2) is 0 Å². The zero-order valence-electron chi connectivity index (χ0n) is 10.3. The quantitative estimate of drug-likeness (QED) is 0.744. The van der Waals surface area contributed by atoms with E-state index in [1.54, 1.807) is 0 Å². The van der Waals surface area contributed by atoms with Crippen molar-refractivity contribution in [2.24, 2.45) is 5.73 Å². The fraction of sp³-hybridized carbons (Fsp3) is 0.231. The molecule has 0 aliphatic heterocycles. The minimum atomic E-state index is -0.649. The second kappa shape index (κ2) is 4.49. The molecule has 0 fully saturated rings. The van der Waals surface area contributed by atoms with E-state index in [-0.39, 0.29) is 18.3 Å². The minimum Gasteiger partial charge on any atom is -0.451 e. The van der Waals surface area contributed by atoms with E-state index in [4.69, 9.17) is 19.8 Å². The number of furan rings is 1. The molecule has 2 aromatic heterocycles. The van der Waals surface area contributed by atoms with Crippen LogP contribution in [-0.2, 0) is 0 Å². The Balaban J connectivity index is 2.01. The Bertz CT molecular complexity index is 717. The molecule has 0 amide bonds. The normalized spacial score (nSPS) is 13.0. The van der Waals surface area contributed by atoms with Gasteiger partial charge in [0.15, 0.2) is 11.6 Å². The van der Waals surface area contributed by atoms with Crippen molar-refractivity contribution in [3.05, 3.63) is 35.7 Å². The second-order valence-corrected chi connectivity index (χ2v) is 4.40. The first-order valence-electron chi connectivity index (χ1n) is 5.88. The molecule has 19 heavy (non-hydrogen) atoms. The van der Waals surface area contributed by atoms with Crippen LogP contribution in [-0.4, -0.2) is 21.9 Å². The van der Waals surface area contributed by atoms with E-state index in [1.807, 2.05) is 31.2 Å². The number of hydrogen-bond donors (Lipinski definition) is 2. The molecule has 6 nitrogen and oxygen atoms in total. The Morgan fingerprint density at radius 3 is 3.00 bits per heavy atom. The number of aryl methyl sites for hydroxylation is 1. The molecule has 1 unspecified atom stereocenters. The molecule has 2 heterocycles. The molecule has 0 aliphatic rings. The molecular weight excluding hydrogens is 246 g/mol. The third-order valence-electron chi connectivity index (χ3n) is 2.85. The van der Waals surface area contributed by atoms with E-state index in [0.717, 1.165) is 16.5 Å². The van der Waals surface area contributed by atoms with E-state index < -0.39 is 6.04 Å². The highest BCUT2D eigenvalue weighted by Crippen LogP contribution is 2.27. The highest BCUT2D eigenvalue weighted by Gasteiger charge is 2.17.